The maximum absolute atomic E-state index is 5.84. The fourth-order valence-corrected chi connectivity index (χ4v) is 2.23. The number of benzene rings is 1. The molecule has 1 rings (SSSR count). The zero-order valence-electron chi connectivity index (χ0n) is 10.5. The van der Waals surface area contributed by atoms with Gasteiger partial charge in [-0.2, -0.15) is 0 Å². The number of halogens is 1. The average Bonchev–Trinajstić information content (AvgIpc) is 2.27. The molecule has 0 aromatic heterocycles. The van der Waals surface area contributed by atoms with Gasteiger partial charge in [-0.1, -0.05) is 37.6 Å². The van der Waals surface area contributed by atoms with Crippen molar-refractivity contribution < 1.29 is 0 Å². The van der Waals surface area contributed by atoms with E-state index in [0.29, 0.717) is 11.9 Å². The van der Waals surface area contributed by atoms with Crippen molar-refractivity contribution in [3.05, 3.63) is 35.4 Å². The molecule has 1 aromatic rings. The largest absolute Gasteiger partial charge is 0.302 e. The summed E-state index contributed by atoms with van der Waals surface area (Å²) in [4.78, 5) is 2.23. The standard InChI is InChI=1S/C14H22ClN/c1-4-5-12-6-8-13(9-7-12)14(10-11-15)16(2)3/h6-9,14H,4-5,10-11H2,1-3H3. The van der Waals surface area contributed by atoms with Crippen LogP contribution in [0.5, 0.6) is 0 Å². The minimum Gasteiger partial charge on any atom is -0.302 e. The third-order valence-corrected chi connectivity index (χ3v) is 3.13. The summed E-state index contributed by atoms with van der Waals surface area (Å²) in [6.45, 7) is 2.21. The Bertz CT molecular complexity index is 292. The van der Waals surface area contributed by atoms with Crippen molar-refractivity contribution >= 4 is 11.6 Å². The Morgan fingerprint density at radius 3 is 2.25 bits per heavy atom. The lowest BCUT2D eigenvalue weighted by molar-refractivity contribution is 0.293. The van der Waals surface area contributed by atoms with Gasteiger partial charge in [0.2, 0.25) is 0 Å². The van der Waals surface area contributed by atoms with Gasteiger partial charge in [-0.3, -0.25) is 0 Å². The van der Waals surface area contributed by atoms with Crippen LogP contribution in [0.15, 0.2) is 24.3 Å². The summed E-state index contributed by atoms with van der Waals surface area (Å²) in [6.07, 6.45) is 3.38. The van der Waals surface area contributed by atoms with Crippen LogP contribution in [0, 0.1) is 0 Å². The maximum atomic E-state index is 5.84. The van der Waals surface area contributed by atoms with Crippen molar-refractivity contribution in [2.24, 2.45) is 0 Å². The monoisotopic (exact) mass is 239 g/mol. The first-order valence-electron chi connectivity index (χ1n) is 6.00. The summed E-state index contributed by atoms with van der Waals surface area (Å²) >= 11 is 5.84. The molecule has 90 valence electrons. The van der Waals surface area contributed by atoms with Crippen LogP contribution in [0.3, 0.4) is 0 Å². The van der Waals surface area contributed by atoms with Crippen LogP contribution < -0.4 is 0 Å². The predicted octanol–water partition coefficient (Wildman–Crippen LogP) is 3.87. The highest BCUT2D eigenvalue weighted by molar-refractivity contribution is 6.17. The number of rotatable bonds is 6. The summed E-state index contributed by atoms with van der Waals surface area (Å²) in [5.41, 5.74) is 2.79. The summed E-state index contributed by atoms with van der Waals surface area (Å²) in [7, 11) is 4.22. The van der Waals surface area contributed by atoms with Crippen LogP contribution in [0.25, 0.3) is 0 Å². The molecule has 2 heteroatoms. The average molecular weight is 240 g/mol. The molecular weight excluding hydrogens is 218 g/mol. The molecular formula is C14H22ClN. The second-order valence-electron chi connectivity index (χ2n) is 4.45. The van der Waals surface area contributed by atoms with E-state index in [-0.39, 0.29) is 0 Å². The fraction of sp³-hybridized carbons (Fsp3) is 0.571. The van der Waals surface area contributed by atoms with Gasteiger partial charge in [0.15, 0.2) is 0 Å². The second-order valence-corrected chi connectivity index (χ2v) is 4.83. The number of alkyl halides is 1. The van der Waals surface area contributed by atoms with E-state index in [2.05, 4.69) is 50.2 Å². The van der Waals surface area contributed by atoms with Crippen molar-refractivity contribution in [1.82, 2.24) is 4.90 Å². The van der Waals surface area contributed by atoms with E-state index >= 15 is 0 Å². The number of aryl methyl sites for hydroxylation is 1. The van der Waals surface area contributed by atoms with Gasteiger partial charge in [0.05, 0.1) is 0 Å². The minimum absolute atomic E-state index is 0.438. The molecule has 0 amide bonds. The van der Waals surface area contributed by atoms with Crippen molar-refractivity contribution in [1.29, 1.82) is 0 Å². The van der Waals surface area contributed by atoms with Crippen LogP contribution in [-0.2, 0) is 6.42 Å². The SMILES string of the molecule is CCCc1ccc(C(CCCl)N(C)C)cc1. The molecule has 0 radical (unpaired) electrons. The summed E-state index contributed by atoms with van der Waals surface area (Å²) < 4.78 is 0. The van der Waals surface area contributed by atoms with E-state index in [1.54, 1.807) is 0 Å². The molecule has 0 saturated heterocycles. The first-order chi connectivity index (χ1) is 7.69. The van der Waals surface area contributed by atoms with Crippen LogP contribution >= 0.6 is 11.6 Å². The lowest BCUT2D eigenvalue weighted by atomic mass is 10.0. The first kappa shape index (κ1) is 13.5. The van der Waals surface area contributed by atoms with Gasteiger partial charge < -0.3 is 4.90 Å². The molecule has 1 atom stereocenters. The topological polar surface area (TPSA) is 3.24 Å². The Morgan fingerprint density at radius 1 is 1.19 bits per heavy atom. The van der Waals surface area contributed by atoms with Gasteiger partial charge >= 0.3 is 0 Å². The van der Waals surface area contributed by atoms with E-state index in [0.717, 1.165) is 6.42 Å². The second kappa shape index (κ2) is 6.93. The van der Waals surface area contributed by atoms with Crippen LogP contribution in [0.4, 0.5) is 0 Å². The highest BCUT2D eigenvalue weighted by Gasteiger charge is 2.12. The van der Waals surface area contributed by atoms with E-state index in [1.807, 2.05) is 0 Å². The molecule has 0 fully saturated rings. The lowest BCUT2D eigenvalue weighted by Gasteiger charge is -2.24. The first-order valence-corrected chi connectivity index (χ1v) is 6.53. The van der Waals surface area contributed by atoms with E-state index < -0.39 is 0 Å². The zero-order valence-corrected chi connectivity index (χ0v) is 11.3. The molecule has 0 heterocycles. The molecule has 1 unspecified atom stereocenters. The van der Waals surface area contributed by atoms with Gasteiger partial charge in [0.25, 0.3) is 0 Å². The zero-order chi connectivity index (χ0) is 12.0. The fourth-order valence-electron chi connectivity index (χ4n) is 2.02. The van der Waals surface area contributed by atoms with Crippen LogP contribution in [-0.4, -0.2) is 24.9 Å². The molecule has 0 aliphatic heterocycles. The Kier molecular flexibility index (Phi) is 5.86. The molecule has 0 spiro atoms. The molecule has 0 aliphatic carbocycles. The smallest absolute Gasteiger partial charge is 0.0353 e. The van der Waals surface area contributed by atoms with Gasteiger partial charge in [0, 0.05) is 11.9 Å². The van der Waals surface area contributed by atoms with Crippen LogP contribution in [0.2, 0.25) is 0 Å². The van der Waals surface area contributed by atoms with Gasteiger partial charge in [-0.25, -0.2) is 0 Å². The molecule has 0 bridgehead atoms. The Morgan fingerprint density at radius 2 is 1.81 bits per heavy atom. The summed E-state index contributed by atoms with van der Waals surface area (Å²) in [6, 6.07) is 9.39. The Balaban J connectivity index is 2.77. The molecule has 0 N–H and O–H groups in total. The number of hydrogen-bond donors (Lipinski definition) is 0. The van der Waals surface area contributed by atoms with E-state index in [9.17, 15) is 0 Å². The third-order valence-electron chi connectivity index (χ3n) is 2.91. The lowest BCUT2D eigenvalue weighted by Crippen LogP contribution is -2.20. The van der Waals surface area contributed by atoms with E-state index in [4.69, 9.17) is 11.6 Å². The molecule has 1 aromatic carbocycles. The van der Waals surface area contributed by atoms with Crippen molar-refractivity contribution in [3.63, 3.8) is 0 Å². The highest BCUT2D eigenvalue weighted by Crippen LogP contribution is 2.23. The van der Waals surface area contributed by atoms with Crippen molar-refractivity contribution in [2.75, 3.05) is 20.0 Å². The minimum atomic E-state index is 0.438. The molecule has 16 heavy (non-hydrogen) atoms. The Hall–Kier alpha value is -0.530. The summed E-state index contributed by atoms with van der Waals surface area (Å²) in [5.74, 6) is 0.708. The van der Waals surface area contributed by atoms with Gasteiger partial charge in [-0.05, 0) is 38.1 Å². The van der Waals surface area contributed by atoms with Crippen molar-refractivity contribution in [3.8, 4) is 0 Å². The van der Waals surface area contributed by atoms with Crippen molar-refractivity contribution in [2.45, 2.75) is 32.2 Å². The van der Waals surface area contributed by atoms with Gasteiger partial charge in [0.1, 0.15) is 0 Å². The molecule has 0 saturated carbocycles. The quantitative estimate of drug-likeness (QED) is 0.682. The Labute approximate surface area is 104 Å². The number of hydrogen-bond acceptors (Lipinski definition) is 1. The number of nitrogens with zero attached hydrogens (tertiary/aromatic N) is 1. The van der Waals surface area contributed by atoms with Gasteiger partial charge in [-0.15, -0.1) is 11.6 Å². The molecule has 1 nitrogen and oxygen atoms in total. The van der Waals surface area contributed by atoms with E-state index in [1.165, 1.54) is 24.0 Å². The predicted molar refractivity (Wildman–Crippen MR) is 72.2 cm³/mol. The normalized spacial score (nSPS) is 13.1. The third kappa shape index (κ3) is 3.80. The highest BCUT2D eigenvalue weighted by atomic mass is 35.5. The maximum Gasteiger partial charge on any atom is 0.0353 e. The summed E-state index contributed by atoms with van der Waals surface area (Å²) in [5, 5.41) is 0. The van der Waals surface area contributed by atoms with Crippen LogP contribution in [0.1, 0.15) is 36.9 Å². The molecule has 0 aliphatic rings.